The summed E-state index contributed by atoms with van der Waals surface area (Å²) in [5.41, 5.74) is -0.297. The van der Waals surface area contributed by atoms with Gasteiger partial charge in [0.2, 0.25) is 5.91 Å². The first kappa shape index (κ1) is 22.1. The number of carbonyl (C=O) groups excluding carboxylic acids is 2. The van der Waals surface area contributed by atoms with Crippen molar-refractivity contribution in [3.05, 3.63) is 12.1 Å². The van der Waals surface area contributed by atoms with Crippen molar-refractivity contribution in [3.63, 3.8) is 0 Å². The number of hydrogen-bond donors (Lipinski definition) is 1. The van der Waals surface area contributed by atoms with Crippen LogP contribution < -0.4 is 10.2 Å². The van der Waals surface area contributed by atoms with Crippen molar-refractivity contribution in [2.24, 2.45) is 11.3 Å². The van der Waals surface area contributed by atoms with Gasteiger partial charge in [-0.2, -0.15) is 0 Å². The highest BCUT2D eigenvalue weighted by molar-refractivity contribution is 8.00. The molecule has 0 bridgehead atoms. The minimum atomic E-state index is -0.542. The van der Waals surface area contributed by atoms with Crippen molar-refractivity contribution in [2.45, 2.75) is 64.1 Å². The van der Waals surface area contributed by atoms with Crippen LogP contribution in [-0.4, -0.2) is 51.5 Å². The zero-order chi connectivity index (χ0) is 21.4. The SMILES string of the molecule is CC(CCC(C)(C)C)C(C)(O[SiH3])[C@H]1CN(c2ccc3c(n2)NC(=O)CS3)C(=O)O1. The molecule has 0 aliphatic carbocycles. The summed E-state index contributed by atoms with van der Waals surface area (Å²) in [6, 6.07) is 3.69. The summed E-state index contributed by atoms with van der Waals surface area (Å²) in [7, 11) is 0.560. The van der Waals surface area contributed by atoms with Crippen LogP contribution in [0.25, 0.3) is 0 Å². The van der Waals surface area contributed by atoms with E-state index in [1.54, 1.807) is 6.07 Å². The van der Waals surface area contributed by atoms with Gasteiger partial charge in [-0.05, 0) is 43.2 Å². The maximum Gasteiger partial charge on any atom is 0.416 e. The highest BCUT2D eigenvalue weighted by Crippen LogP contribution is 2.38. The Hall–Kier alpha value is -1.58. The average molecular weight is 438 g/mol. The van der Waals surface area contributed by atoms with Crippen LogP contribution in [0.1, 0.15) is 47.5 Å². The molecule has 9 heteroatoms. The molecule has 1 fully saturated rings. The van der Waals surface area contributed by atoms with Crippen molar-refractivity contribution >= 4 is 45.9 Å². The van der Waals surface area contributed by atoms with Crippen LogP contribution in [-0.2, 0) is 14.0 Å². The highest BCUT2D eigenvalue weighted by atomic mass is 32.2. The Balaban J connectivity index is 1.76. The lowest BCUT2D eigenvalue weighted by molar-refractivity contribution is -0.113. The number of rotatable bonds is 6. The van der Waals surface area contributed by atoms with Gasteiger partial charge in [-0.15, -0.1) is 11.8 Å². The molecule has 1 aromatic rings. The lowest BCUT2D eigenvalue weighted by Crippen LogP contribution is -2.49. The highest BCUT2D eigenvalue weighted by Gasteiger charge is 2.48. The van der Waals surface area contributed by atoms with Crippen LogP contribution in [0.4, 0.5) is 16.4 Å². The fourth-order valence-electron chi connectivity index (χ4n) is 3.64. The van der Waals surface area contributed by atoms with Crippen molar-refractivity contribution in [1.82, 2.24) is 4.98 Å². The van der Waals surface area contributed by atoms with Crippen molar-refractivity contribution < 1.29 is 18.8 Å². The van der Waals surface area contributed by atoms with Crippen molar-refractivity contribution in [1.29, 1.82) is 0 Å². The molecule has 3 heterocycles. The molecule has 1 saturated heterocycles. The Morgan fingerprint density at radius 3 is 2.76 bits per heavy atom. The predicted octanol–water partition coefficient (Wildman–Crippen LogP) is 2.97. The normalized spacial score (nSPS) is 22.7. The van der Waals surface area contributed by atoms with Gasteiger partial charge >= 0.3 is 6.09 Å². The van der Waals surface area contributed by atoms with Crippen molar-refractivity contribution in [3.8, 4) is 0 Å². The van der Waals surface area contributed by atoms with Crippen LogP contribution in [0.15, 0.2) is 17.0 Å². The molecule has 0 spiro atoms. The first-order chi connectivity index (χ1) is 13.5. The second-order valence-corrected chi connectivity index (χ2v) is 10.6. The molecule has 3 rings (SSSR count). The molecule has 0 radical (unpaired) electrons. The Bertz CT molecular complexity index is 800. The number of amides is 2. The average Bonchev–Trinajstić information content (AvgIpc) is 3.06. The molecule has 7 nitrogen and oxygen atoms in total. The number of nitrogens with zero attached hydrogens (tertiary/aromatic N) is 2. The Labute approximate surface area is 179 Å². The third-order valence-electron chi connectivity index (χ3n) is 5.93. The number of nitrogens with one attached hydrogen (secondary N) is 1. The summed E-state index contributed by atoms with van der Waals surface area (Å²) >= 11 is 1.44. The second-order valence-electron chi connectivity index (χ2n) is 9.22. The van der Waals surface area contributed by atoms with E-state index in [2.05, 4.69) is 38.0 Å². The molecule has 0 saturated carbocycles. The van der Waals surface area contributed by atoms with E-state index in [1.165, 1.54) is 16.7 Å². The van der Waals surface area contributed by atoms with E-state index in [0.717, 1.165) is 17.7 Å². The van der Waals surface area contributed by atoms with E-state index in [1.807, 2.05) is 13.0 Å². The fourth-order valence-corrected chi connectivity index (χ4v) is 5.06. The summed E-state index contributed by atoms with van der Waals surface area (Å²) < 4.78 is 11.8. The molecule has 2 amide bonds. The minimum absolute atomic E-state index is 0.0846. The monoisotopic (exact) mass is 437 g/mol. The minimum Gasteiger partial charge on any atom is -0.441 e. The Morgan fingerprint density at radius 2 is 2.10 bits per heavy atom. The number of carbonyl (C=O) groups is 2. The van der Waals surface area contributed by atoms with Crippen LogP contribution in [0, 0.1) is 11.3 Å². The maximum absolute atomic E-state index is 12.6. The topological polar surface area (TPSA) is 80.8 Å². The lowest BCUT2D eigenvalue weighted by atomic mass is 9.78. The molecule has 29 heavy (non-hydrogen) atoms. The molecule has 2 aliphatic heterocycles. The number of pyridine rings is 1. The number of aromatic nitrogens is 1. The van der Waals surface area contributed by atoms with E-state index < -0.39 is 11.7 Å². The largest absolute Gasteiger partial charge is 0.441 e. The van der Waals surface area contributed by atoms with E-state index >= 15 is 0 Å². The smallest absolute Gasteiger partial charge is 0.416 e. The molecule has 2 aliphatic rings. The number of thioether (sulfide) groups is 1. The quantitative estimate of drug-likeness (QED) is 0.689. The van der Waals surface area contributed by atoms with Gasteiger partial charge in [0.05, 0.1) is 22.8 Å². The first-order valence-electron chi connectivity index (χ1n) is 10.0. The Kier molecular flexibility index (Phi) is 6.31. The van der Waals surface area contributed by atoms with E-state index in [4.69, 9.17) is 9.16 Å². The number of anilines is 2. The summed E-state index contributed by atoms with van der Waals surface area (Å²) in [4.78, 5) is 31.2. The Morgan fingerprint density at radius 1 is 1.38 bits per heavy atom. The first-order valence-corrected chi connectivity index (χ1v) is 11.8. The molecular weight excluding hydrogens is 406 g/mol. The fraction of sp³-hybridized carbons (Fsp3) is 0.650. The van der Waals surface area contributed by atoms with Crippen LogP contribution in [0.5, 0.6) is 0 Å². The number of cyclic esters (lactones) is 1. The zero-order valence-corrected chi connectivity index (χ0v) is 20.9. The maximum atomic E-state index is 12.6. The molecular formula is C20H31N3O4SSi. The van der Waals surface area contributed by atoms with Crippen LogP contribution >= 0.6 is 11.8 Å². The lowest BCUT2D eigenvalue weighted by Gasteiger charge is -2.39. The van der Waals surface area contributed by atoms with E-state index in [0.29, 0.717) is 34.4 Å². The van der Waals surface area contributed by atoms with Gasteiger partial charge in [-0.3, -0.25) is 9.69 Å². The molecule has 3 atom stereocenters. The van der Waals surface area contributed by atoms with Gasteiger partial charge in [0.25, 0.3) is 0 Å². The van der Waals surface area contributed by atoms with Gasteiger partial charge < -0.3 is 14.5 Å². The third kappa shape index (κ3) is 4.78. The molecule has 1 N–H and O–H groups in total. The molecule has 0 aromatic carbocycles. The van der Waals surface area contributed by atoms with E-state index in [-0.39, 0.29) is 23.3 Å². The van der Waals surface area contributed by atoms with Crippen LogP contribution in [0.3, 0.4) is 0 Å². The van der Waals surface area contributed by atoms with E-state index in [9.17, 15) is 9.59 Å². The van der Waals surface area contributed by atoms with Gasteiger partial charge in [0.15, 0.2) is 0 Å². The van der Waals surface area contributed by atoms with Gasteiger partial charge in [0, 0.05) is 0 Å². The standard InChI is InChI=1S/C20H31N3O4SSi/c1-12(8-9-19(2,3)4)20(5,27-29)14-10-23(18(25)26-14)15-7-6-13-17(21-15)22-16(24)11-28-13/h6-7,12,14H,8-11H2,1-5,29H3,(H,21,22,24)/t12?,14-,20?/m1/s1. The van der Waals surface area contributed by atoms with Crippen LogP contribution in [0.2, 0.25) is 0 Å². The number of ether oxygens (including phenoxy) is 1. The molecule has 1 aromatic heterocycles. The summed E-state index contributed by atoms with van der Waals surface area (Å²) in [5, 5.41) is 2.77. The van der Waals surface area contributed by atoms with Gasteiger partial charge in [0.1, 0.15) is 28.2 Å². The summed E-state index contributed by atoms with van der Waals surface area (Å²) in [6.45, 7) is 11.3. The summed E-state index contributed by atoms with van der Waals surface area (Å²) in [5.74, 6) is 1.52. The third-order valence-corrected chi connectivity index (χ3v) is 7.86. The predicted molar refractivity (Wildman–Crippen MR) is 118 cm³/mol. The van der Waals surface area contributed by atoms with Gasteiger partial charge in [-0.1, -0.05) is 27.7 Å². The molecule has 2 unspecified atom stereocenters. The van der Waals surface area contributed by atoms with Gasteiger partial charge in [-0.25, -0.2) is 9.78 Å². The summed E-state index contributed by atoms with van der Waals surface area (Å²) in [6.07, 6.45) is 1.27. The number of fused-ring (bicyclic) bond motifs is 1. The zero-order valence-electron chi connectivity index (χ0n) is 18.1. The number of hydrogen-bond acceptors (Lipinski definition) is 6. The second kappa shape index (κ2) is 8.27. The molecule has 160 valence electrons. The van der Waals surface area contributed by atoms with Crippen molar-refractivity contribution in [2.75, 3.05) is 22.5 Å².